The molecule has 23 heavy (non-hydrogen) atoms. The summed E-state index contributed by atoms with van der Waals surface area (Å²) >= 11 is 9.02. The minimum atomic E-state index is -4.74. The molecule has 0 amide bonds. The molecule has 4 nitrogen and oxygen atoms in total. The minimum Gasteiger partial charge on any atom is -0.405 e. The van der Waals surface area contributed by atoms with E-state index in [1.54, 1.807) is 6.07 Å². The smallest absolute Gasteiger partial charge is 0.405 e. The topological polar surface area (TPSA) is 47.0 Å². The average Bonchev–Trinajstić information content (AvgIpc) is 3.24. The van der Waals surface area contributed by atoms with Crippen molar-refractivity contribution in [3.8, 4) is 5.75 Å². The molecule has 9 heteroatoms. The Labute approximate surface area is 143 Å². The van der Waals surface area contributed by atoms with E-state index in [4.69, 9.17) is 11.6 Å². The molecule has 0 saturated heterocycles. The van der Waals surface area contributed by atoms with Gasteiger partial charge in [-0.05, 0) is 47.0 Å². The van der Waals surface area contributed by atoms with Gasteiger partial charge in [-0.2, -0.15) is 0 Å². The number of hydrogen-bond donors (Lipinski definition) is 1. The van der Waals surface area contributed by atoms with Crippen molar-refractivity contribution < 1.29 is 17.9 Å². The quantitative estimate of drug-likeness (QED) is 0.687. The van der Waals surface area contributed by atoms with Gasteiger partial charge in [-0.3, -0.25) is 0 Å². The second kappa shape index (κ2) is 6.16. The van der Waals surface area contributed by atoms with Gasteiger partial charge in [0.15, 0.2) is 0 Å². The summed E-state index contributed by atoms with van der Waals surface area (Å²) < 4.78 is 40.8. The van der Waals surface area contributed by atoms with Crippen LogP contribution in [0.4, 0.5) is 24.7 Å². The molecule has 0 bridgehead atoms. The molecule has 0 radical (unpaired) electrons. The third-order valence-electron chi connectivity index (χ3n) is 3.08. The SMILES string of the molecule is FC(F)(F)Oc1ccc(Nc2cc(Cl)nc(C3CC3)n2)cc1Br. The Hall–Kier alpha value is -1.54. The lowest BCUT2D eigenvalue weighted by Crippen LogP contribution is -2.17. The Kier molecular flexibility index (Phi) is 4.37. The maximum absolute atomic E-state index is 12.2. The summed E-state index contributed by atoms with van der Waals surface area (Å²) in [6.07, 6.45) is -2.67. The molecule has 3 rings (SSSR count). The molecule has 1 aromatic heterocycles. The molecular weight excluding hydrogens is 399 g/mol. The third kappa shape index (κ3) is 4.48. The maximum Gasteiger partial charge on any atom is 0.573 e. The van der Waals surface area contributed by atoms with Crippen LogP contribution in [0.3, 0.4) is 0 Å². The molecular formula is C14H10BrClF3N3O. The number of ether oxygens (including phenoxy) is 1. The van der Waals surface area contributed by atoms with Gasteiger partial charge in [0.1, 0.15) is 22.5 Å². The largest absolute Gasteiger partial charge is 0.573 e. The van der Waals surface area contributed by atoms with Crippen LogP contribution in [0, 0.1) is 0 Å². The molecule has 122 valence electrons. The van der Waals surface area contributed by atoms with Crippen LogP contribution in [0.15, 0.2) is 28.7 Å². The predicted octanol–water partition coefficient (Wildman–Crippen LogP) is 5.41. The molecule has 1 heterocycles. The zero-order chi connectivity index (χ0) is 16.6. The van der Waals surface area contributed by atoms with Crippen LogP contribution < -0.4 is 10.1 Å². The van der Waals surface area contributed by atoms with Crippen molar-refractivity contribution in [2.45, 2.75) is 25.1 Å². The number of aromatic nitrogens is 2. The molecule has 1 saturated carbocycles. The van der Waals surface area contributed by atoms with E-state index in [0.717, 1.165) is 12.8 Å². The van der Waals surface area contributed by atoms with Gasteiger partial charge in [0, 0.05) is 17.7 Å². The van der Waals surface area contributed by atoms with Gasteiger partial charge < -0.3 is 10.1 Å². The second-order valence-electron chi connectivity index (χ2n) is 5.03. The Morgan fingerprint density at radius 1 is 1.22 bits per heavy atom. The van der Waals surface area contributed by atoms with Crippen LogP contribution in [-0.2, 0) is 0 Å². The normalized spacial score (nSPS) is 14.7. The highest BCUT2D eigenvalue weighted by Crippen LogP contribution is 2.39. The van der Waals surface area contributed by atoms with Crippen LogP contribution in [0.5, 0.6) is 5.75 Å². The lowest BCUT2D eigenvalue weighted by molar-refractivity contribution is -0.274. The molecule has 1 fully saturated rings. The van der Waals surface area contributed by atoms with Crippen LogP contribution in [0.25, 0.3) is 0 Å². The van der Waals surface area contributed by atoms with Crippen molar-refractivity contribution in [3.05, 3.63) is 39.7 Å². The Morgan fingerprint density at radius 2 is 1.96 bits per heavy atom. The highest BCUT2D eigenvalue weighted by Gasteiger charge is 2.32. The number of anilines is 2. The Bertz CT molecular complexity index is 738. The van der Waals surface area contributed by atoms with Crippen molar-refractivity contribution in [1.82, 2.24) is 9.97 Å². The van der Waals surface area contributed by atoms with E-state index in [0.29, 0.717) is 28.4 Å². The first kappa shape index (κ1) is 16.3. The van der Waals surface area contributed by atoms with Crippen molar-refractivity contribution in [2.75, 3.05) is 5.32 Å². The monoisotopic (exact) mass is 407 g/mol. The number of nitrogens with zero attached hydrogens (tertiary/aromatic N) is 2. The summed E-state index contributed by atoms with van der Waals surface area (Å²) in [6, 6.07) is 5.69. The van der Waals surface area contributed by atoms with E-state index in [1.807, 2.05) is 0 Å². The number of alkyl halides is 3. The van der Waals surface area contributed by atoms with Crippen LogP contribution in [0.2, 0.25) is 5.15 Å². The number of halogens is 5. The van der Waals surface area contributed by atoms with Gasteiger partial charge >= 0.3 is 6.36 Å². The summed E-state index contributed by atoms with van der Waals surface area (Å²) in [5.74, 6) is 1.19. The number of rotatable bonds is 4. The molecule has 0 atom stereocenters. The van der Waals surface area contributed by atoms with E-state index >= 15 is 0 Å². The lowest BCUT2D eigenvalue weighted by atomic mass is 10.3. The van der Waals surface area contributed by atoms with E-state index in [2.05, 4.69) is 36.0 Å². The van der Waals surface area contributed by atoms with E-state index in [-0.39, 0.29) is 10.2 Å². The fourth-order valence-electron chi connectivity index (χ4n) is 1.96. The molecule has 1 aromatic carbocycles. The van der Waals surface area contributed by atoms with E-state index in [9.17, 15) is 13.2 Å². The predicted molar refractivity (Wildman–Crippen MR) is 83.1 cm³/mol. The zero-order valence-electron chi connectivity index (χ0n) is 11.5. The summed E-state index contributed by atoms with van der Waals surface area (Å²) in [5, 5.41) is 3.32. The minimum absolute atomic E-state index is 0.169. The molecule has 0 unspecified atom stereocenters. The van der Waals surface area contributed by atoms with Gasteiger partial charge in [-0.15, -0.1) is 13.2 Å². The molecule has 1 aliphatic rings. The van der Waals surface area contributed by atoms with Crippen LogP contribution in [-0.4, -0.2) is 16.3 Å². The van der Waals surface area contributed by atoms with Crippen molar-refractivity contribution in [2.24, 2.45) is 0 Å². The first-order valence-corrected chi connectivity index (χ1v) is 7.84. The van der Waals surface area contributed by atoms with Gasteiger partial charge in [-0.25, -0.2) is 9.97 Å². The first-order valence-electron chi connectivity index (χ1n) is 6.67. The van der Waals surface area contributed by atoms with Gasteiger partial charge in [-0.1, -0.05) is 11.6 Å². The molecule has 2 aromatic rings. The first-order chi connectivity index (χ1) is 10.8. The average molecular weight is 409 g/mol. The Balaban J connectivity index is 1.79. The Morgan fingerprint density at radius 3 is 2.57 bits per heavy atom. The highest BCUT2D eigenvalue weighted by atomic mass is 79.9. The number of nitrogens with one attached hydrogen (secondary N) is 1. The molecule has 0 aliphatic heterocycles. The summed E-state index contributed by atoms with van der Waals surface area (Å²) in [7, 11) is 0. The molecule has 1 aliphatic carbocycles. The van der Waals surface area contributed by atoms with Gasteiger partial charge in [0.2, 0.25) is 0 Å². The zero-order valence-corrected chi connectivity index (χ0v) is 13.8. The van der Waals surface area contributed by atoms with Gasteiger partial charge in [0.05, 0.1) is 4.47 Å². The van der Waals surface area contributed by atoms with E-state index in [1.165, 1.54) is 18.2 Å². The third-order valence-corrected chi connectivity index (χ3v) is 3.90. The van der Waals surface area contributed by atoms with Crippen molar-refractivity contribution in [3.63, 3.8) is 0 Å². The molecule has 1 N–H and O–H groups in total. The van der Waals surface area contributed by atoms with Crippen LogP contribution in [0.1, 0.15) is 24.6 Å². The number of benzene rings is 1. The molecule has 0 spiro atoms. The van der Waals surface area contributed by atoms with Crippen molar-refractivity contribution in [1.29, 1.82) is 0 Å². The summed E-state index contributed by atoms with van der Waals surface area (Å²) in [5.41, 5.74) is 0.544. The lowest BCUT2D eigenvalue weighted by Gasteiger charge is -2.12. The van der Waals surface area contributed by atoms with Gasteiger partial charge in [0.25, 0.3) is 0 Å². The summed E-state index contributed by atoms with van der Waals surface area (Å²) in [6.45, 7) is 0. The fourth-order valence-corrected chi connectivity index (χ4v) is 2.61. The highest BCUT2D eigenvalue weighted by molar-refractivity contribution is 9.10. The maximum atomic E-state index is 12.2. The second-order valence-corrected chi connectivity index (χ2v) is 6.27. The summed E-state index contributed by atoms with van der Waals surface area (Å²) in [4.78, 5) is 8.54. The van der Waals surface area contributed by atoms with Crippen molar-refractivity contribution >= 4 is 39.0 Å². The fraction of sp³-hybridized carbons (Fsp3) is 0.286. The van der Waals surface area contributed by atoms with E-state index < -0.39 is 6.36 Å². The number of hydrogen-bond acceptors (Lipinski definition) is 4. The standard InChI is InChI=1S/C14H10BrClF3N3O/c15-9-5-8(3-4-10(9)23-14(17,18)19)20-12-6-11(16)21-13(22-12)7-1-2-7/h3-7H,1-2H2,(H,20,21,22). The van der Waals surface area contributed by atoms with Crippen LogP contribution >= 0.6 is 27.5 Å².